The lowest BCUT2D eigenvalue weighted by Gasteiger charge is -2.30. The second-order valence-corrected chi connectivity index (χ2v) is 11.7. The Labute approximate surface area is 219 Å². The molecule has 0 aliphatic heterocycles. The summed E-state index contributed by atoms with van der Waals surface area (Å²) in [5.41, 5.74) is 2.33. The van der Waals surface area contributed by atoms with Crippen molar-refractivity contribution in [1.82, 2.24) is 4.90 Å². The van der Waals surface area contributed by atoms with Gasteiger partial charge in [0.15, 0.2) is 6.29 Å². The molecule has 0 heterocycles. The van der Waals surface area contributed by atoms with Gasteiger partial charge in [0, 0.05) is 5.56 Å². The number of benzene rings is 3. The number of carbonyl (C=O) groups excluding carboxylic acids is 1. The quantitative estimate of drug-likeness (QED) is 0.228. The highest BCUT2D eigenvalue weighted by atomic mass is 32.2. The number of carbonyl (C=O) groups is 2. The maximum absolute atomic E-state index is 14.2. The van der Waals surface area contributed by atoms with Gasteiger partial charge in [-0.05, 0) is 55.7 Å². The van der Waals surface area contributed by atoms with Crippen LogP contribution in [0.25, 0.3) is 0 Å². The van der Waals surface area contributed by atoms with Gasteiger partial charge in [-0.15, -0.1) is 0 Å². The van der Waals surface area contributed by atoms with Crippen molar-refractivity contribution in [2.24, 2.45) is 0 Å². The van der Waals surface area contributed by atoms with Gasteiger partial charge >= 0.3 is 18.8 Å². The minimum Gasteiger partial charge on any atom is -0.607 e. The summed E-state index contributed by atoms with van der Waals surface area (Å²) < 4.78 is 38.9. The van der Waals surface area contributed by atoms with E-state index in [1.807, 2.05) is 26.0 Å². The van der Waals surface area contributed by atoms with Gasteiger partial charge in [0.1, 0.15) is 23.3 Å². The molecule has 10 heteroatoms. The van der Waals surface area contributed by atoms with Crippen LogP contribution in [0.3, 0.4) is 0 Å². The summed E-state index contributed by atoms with van der Waals surface area (Å²) in [5, 5.41) is 8.89. The van der Waals surface area contributed by atoms with Gasteiger partial charge in [0.25, 0.3) is 0 Å². The smallest absolute Gasteiger partial charge is 0.450 e. The monoisotopic (exact) mass is 543 g/mol. The molecule has 0 fully saturated rings. The van der Waals surface area contributed by atoms with E-state index in [2.05, 4.69) is 0 Å². The largest absolute Gasteiger partial charge is 0.607 e. The molecular formula is C27H30NO7PS. The van der Waals surface area contributed by atoms with Crippen LogP contribution in [0, 0.1) is 13.8 Å². The normalized spacial score (nSPS) is 12.9. The van der Waals surface area contributed by atoms with Crippen molar-refractivity contribution in [2.45, 2.75) is 39.0 Å². The number of hydrogen-bond donors (Lipinski definition) is 1. The van der Waals surface area contributed by atoms with E-state index in [9.17, 15) is 23.8 Å². The number of carboxylic acids is 1. The molecule has 2 atom stereocenters. The Bertz CT molecular complexity index is 1220. The van der Waals surface area contributed by atoms with Crippen molar-refractivity contribution < 1.29 is 32.9 Å². The summed E-state index contributed by atoms with van der Waals surface area (Å²) in [6.07, 6.45) is -0.711. The van der Waals surface area contributed by atoms with Crippen LogP contribution in [0.5, 0.6) is 11.5 Å². The third kappa shape index (κ3) is 8.12. The van der Waals surface area contributed by atoms with Gasteiger partial charge < -0.3 is 18.7 Å². The molecule has 0 radical (unpaired) electrons. The lowest BCUT2D eigenvalue weighted by molar-refractivity contribution is -0.141. The number of amides is 1. The molecule has 3 aromatic rings. The van der Waals surface area contributed by atoms with Crippen LogP contribution in [0.2, 0.25) is 0 Å². The van der Waals surface area contributed by atoms with Crippen molar-refractivity contribution in [3.8, 4) is 11.5 Å². The van der Waals surface area contributed by atoms with E-state index < -0.39 is 42.3 Å². The Morgan fingerprint density at radius 1 is 0.946 bits per heavy atom. The van der Waals surface area contributed by atoms with E-state index in [-0.39, 0.29) is 23.7 Å². The van der Waals surface area contributed by atoms with E-state index in [1.54, 1.807) is 73.7 Å². The molecule has 0 aliphatic rings. The predicted molar refractivity (Wildman–Crippen MR) is 143 cm³/mol. The first-order chi connectivity index (χ1) is 17.6. The number of carboxylic acid groups (broad SMARTS) is 1. The fourth-order valence-corrected chi connectivity index (χ4v) is 6.55. The summed E-state index contributed by atoms with van der Waals surface area (Å²) in [6.45, 7) is 5.24. The Morgan fingerprint density at radius 3 is 1.95 bits per heavy atom. The molecular weight excluding hydrogens is 513 g/mol. The first-order valence-corrected chi connectivity index (χ1v) is 14.7. The molecule has 3 aromatic carbocycles. The standard InChI is InChI=1S/C27H30NO7PS/c1-4-25(26(29)30)28(27(31)37(33)18-22-12-6-5-7-13-22)19-36(32,34-23-14-8-10-20(2)16-23)35-24-15-9-11-21(3)17-24/h5-17,25H,4,18-19H2,1-3H3,(H,29,30). The Morgan fingerprint density at radius 2 is 1.49 bits per heavy atom. The van der Waals surface area contributed by atoms with Crippen LogP contribution in [-0.2, 0) is 26.3 Å². The van der Waals surface area contributed by atoms with E-state index in [0.717, 1.165) is 16.0 Å². The SMILES string of the molecule is CCC(C(=O)O)N(CP(=O)(Oc1cccc(C)c1)Oc1cccc(C)c1)C(=O)[S+]([O-])Cc1ccccc1. The molecule has 196 valence electrons. The molecule has 1 amide bonds. The maximum atomic E-state index is 14.2. The molecule has 37 heavy (non-hydrogen) atoms. The molecule has 0 saturated carbocycles. The summed E-state index contributed by atoms with van der Waals surface area (Å²) >= 11 is -2.13. The summed E-state index contributed by atoms with van der Waals surface area (Å²) in [4.78, 5) is 26.3. The van der Waals surface area contributed by atoms with Crippen molar-refractivity contribution in [2.75, 3.05) is 6.29 Å². The van der Waals surface area contributed by atoms with Crippen LogP contribution in [0.15, 0.2) is 78.9 Å². The molecule has 0 aliphatic carbocycles. The number of hydrogen-bond acceptors (Lipinski definition) is 6. The van der Waals surface area contributed by atoms with Crippen molar-refractivity contribution in [1.29, 1.82) is 0 Å². The molecule has 2 unspecified atom stereocenters. The van der Waals surface area contributed by atoms with Crippen LogP contribution in [-0.4, -0.2) is 38.1 Å². The average Bonchev–Trinajstić information content (AvgIpc) is 2.83. The van der Waals surface area contributed by atoms with Crippen molar-refractivity contribution in [3.63, 3.8) is 0 Å². The second kappa shape index (κ2) is 12.8. The van der Waals surface area contributed by atoms with Crippen molar-refractivity contribution >= 4 is 30.0 Å². The number of nitrogens with zero attached hydrogens (tertiary/aromatic N) is 1. The van der Waals surface area contributed by atoms with E-state index in [1.165, 1.54) is 0 Å². The zero-order valence-corrected chi connectivity index (χ0v) is 22.6. The van der Waals surface area contributed by atoms with Crippen LogP contribution >= 0.6 is 7.60 Å². The van der Waals surface area contributed by atoms with E-state index >= 15 is 0 Å². The molecule has 0 spiro atoms. The topological polar surface area (TPSA) is 116 Å². The number of rotatable bonds is 11. The minimum atomic E-state index is -4.23. The second-order valence-electron chi connectivity index (χ2n) is 8.54. The molecule has 3 rings (SSSR count). The maximum Gasteiger partial charge on any atom is 0.450 e. The van der Waals surface area contributed by atoms with Gasteiger partial charge in [0.2, 0.25) is 0 Å². The van der Waals surface area contributed by atoms with E-state index in [0.29, 0.717) is 5.56 Å². The summed E-state index contributed by atoms with van der Waals surface area (Å²) in [6, 6.07) is 20.9. The zero-order chi connectivity index (χ0) is 27.0. The summed E-state index contributed by atoms with van der Waals surface area (Å²) in [5.74, 6) is -0.965. The molecule has 0 aromatic heterocycles. The average molecular weight is 544 g/mol. The predicted octanol–water partition coefficient (Wildman–Crippen LogP) is 6.15. The Hall–Kier alpha value is -3.26. The highest BCUT2D eigenvalue weighted by Crippen LogP contribution is 2.50. The van der Waals surface area contributed by atoms with Gasteiger partial charge in [-0.2, -0.15) is 0 Å². The van der Waals surface area contributed by atoms with Gasteiger partial charge in [-0.25, -0.2) is 14.2 Å². The molecule has 1 N–H and O–H groups in total. The highest BCUT2D eigenvalue weighted by molar-refractivity contribution is 8.05. The Kier molecular flexibility index (Phi) is 9.80. The highest BCUT2D eigenvalue weighted by Gasteiger charge is 2.43. The molecule has 8 nitrogen and oxygen atoms in total. The van der Waals surface area contributed by atoms with E-state index in [4.69, 9.17) is 9.05 Å². The van der Waals surface area contributed by atoms with Crippen LogP contribution in [0.4, 0.5) is 4.79 Å². The number of aliphatic carboxylic acids is 1. The zero-order valence-electron chi connectivity index (χ0n) is 20.9. The third-order valence-electron chi connectivity index (χ3n) is 5.41. The van der Waals surface area contributed by atoms with Crippen LogP contribution in [0.1, 0.15) is 30.0 Å². The third-order valence-corrected chi connectivity index (χ3v) is 8.26. The summed E-state index contributed by atoms with van der Waals surface area (Å²) in [7, 11) is -4.23. The molecule has 0 bridgehead atoms. The number of aryl methyl sites for hydroxylation is 2. The minimum absolute atomic E-state index is 0.00149. The van der Waals surface area contributed by atoms with Crippen molar-refractivity contribution in [3.05, 3.63) is 95.6 Å². The first kappa shape index (κ1) is 28.3. The van der Waals surface area contributed by atoms with Crippen LogP contribution < -0.4 is 9.05 Å². The van der Waals surface area contributed by atoms with Gasteiger partial charge in [-0.1, -0.05) is 61.5 Å². The van der Waals surface area contributed by atoms with Gasteiger partial charge in [-0.3, -0.25) is 4.90 Å². The van der Waals surface area contributed by atoms with Gasteiger partial charge in [0.05, 0.1) is 11.2 Å². The fourth-order valence-electron chi connectivity index (χ4n) is 3.66. The first-order valence-electron chi connectivity index (χ1n) is 11.7. The fraction of sp³-hybridized carbons (Fsp3) is 0.259. The Balaban J connectivity index is 1.98. The lowest BCUT2D eigenvalue weighted by Crippen LogP contribution is -2.48. The lowest BCUT2D eigenvalue weighted by atomic mass is 10.2. The molecule has 0 saturated heterocycles.